The largest absolute Gasteiger partial charge is 0.508 e. The average molecular weight is 439 g/mol. The van der Waals surface area contributed by atoms with Crippen molar-refractivity contribution in [1.29, 1.82) is 0 Å². The van der Waals surface area contributed by atoms with E-state index in [1.807, 2.05) is 6.92 Å². The molecule has 2 atom stereocenters. The van der Waals surface area contributed by atoms with Gasteiger partial charge in [-0.3, -0.25) is 14.4 Å². The quantitative estimate of drug-likeness (QED) is 0.310. The van der Waals surface area contributed by atoms with Gasteiger partial charge in [0.1, 0.15) is 18.8 Å². The second-order valence-electron chi connectivity index (χ2n) is 6.79. The Kier molecular flexibility index (Phi) is 11.0. The molecule has 0 fully saturated rings. The van der Waals surface area contributed by atoms with E-state index in [-0.39, 0.29) is 31.1 Å². The lowest BCUT2D eigenvalue weighted by molar-refractivity contribution is -0.148. The summed E-state index contributed by atoms with van der Waals surface area (Å²) in [5.74, 6) is -1.78. The highest BCUT2D eigenvalue weighted by Crippen LogP contribution is 2.29. The van der Waals surface area contributed by atoms with Gasteiger partial charge in [-0.05, 0) is 37.5 Å². The van der Waals surface area contributed by atoms with Crippen LogP contribution in [0.2, 0.25) is 0 Å². The molecule has 0 unspecified atom stereocenters. The maximum absolute atomic E-state index is 12.1. The van der Waals surface area contributed by atoms with E-state index in [2.05, 4.69) is 0 Å². The number of ether oxygens (including phenoxy) is 5. The van der Waals surface area contributed by atoms with E-state index < -0.39 is 36.2 Å². The molecule has 1 aromatic rings. The fraction of sp³-hybridized carbons (Fsp3) is 0.524. The van der Waals surface area contributed by atoms with Crippen LogP contribution in [0.4, 0.5) is 4.79 Å². The molecule has 0 bridgehead atoms. The first-order valence-electron chi connectivity index (χ1n) is 9.87. The van der Waals surface area contributed by atoms with E-state index in [4.69, 9.17) is 29.4 Å². The second kappa shape index (κ2) is 13.2. The van der Waals surface area contributed by atoms with Gasteiger partial charge in [-0.1, -0.05) is 19.4 Å². The maximum Gasteiger partial charge on any atom is 0.508 e. The summed E-state index contributed by atoms with van der Waals surface area (Å²) < 4.78 is 25.0. The van der Waals surface area contributed by atoms with Gasteiger partial charge in [-0.25, -0.2) is 4.79 Å². The summed E-state index contributed by atoms with van der Waals surface area (Å²) in [4.78, 5) is 46.1. The zero-order valence-electron chi connectivity index (χ0n) is 18.2. The van der Waals surface area contributed by atoms with Crippen molar-refractivity contribution >= 4 is 24.1 Å². The van der Waals surface area contributed by atoms with Crippen molar-refractivity contribution in [3.8, 4) is 11.5 Å². The molecule has 0 aromatic heterocycles. The van der Waals surface area contributed by atoms with Crippen LogP contribution in [-0.2, 0) is 35.0 Å². The van der Waals surface area contributed by atoms with Gasteiger partial charge in [0.25, 0.3) is 0 Å². The molecule has 0 radical (unpaired) electrons. The summed E-state index contributed by atoms with van der Waals surface area (Å²) in [6.45, 7) is 6.02. The number of rotatable bonds is 11. The molecule has 0 aliphatic rings. The molecule has 31 heavy (non-hydrogen) atoms. The van der Waals surface area contributed by atoms with Crippen LogP contribution in [0.25, 0.3) is 0 Å². The first kappa shape index (κ1) is 25.9. The lowest BCUT2D eigenvalue weighted by Crippen LogP contribution is -2.36. The molecule has 0 saturated carbocycles. The third-order valence-electron chi connectivity index (χ3n) is 3.75. The molecule has 0 amide bonds. The van der Waals surface area contributed by atoms with Crippen LogP contribution in [-0.4, -0.2) is 49.4 Å². The Morgan fingerprint density at radius 3 is 2.26 bits per heavy atom. The van der Waals surface area contributed by atoms with E-state index in [9.17, 15) is 19.2 Å². The zero-order valence-corrected chi connectivity index (χ0v) is 18.2. The van der Waals surface area contributed by atoms with Gasteiger partial charge in [-0.15, -0.1) is 0 Å². The predicted molar refractivity (Wildman–Crippen MR) is 109 cm³/mol. The maximum atomic E-state index is 12.1. The van der Waals surface area contributed by atoms with Crippen molar-refractivity contribution in [3.63, 3.8) is 0 Å². The highest BCUT2D eigenvalue weighted by Gasteiger charge is 2.20. The Hall–Kier alpha value is -3.14. The Bertz CT molecular complexity index is 778. The second-order valence-corrected chi connectivity index (χ2v) is 6.79. The molecule has 0 aliphatic carbocycles. The smallest absolute Gasteiger partial charge is 0.461 e. The van der Waals surface area contributed by atoms with Crippen LogP contribution >= 0.6 is 0 Å². The standard InChI is InChI=1S/C21H29NO9/c1-5-6-9-27-21(26)29-13(2)12-28-20(25)17(22)10-16-7-8-18(30-14(3)23)19(11-16)31-15(4)24/h7-8,11,13,17H,5-6,9-10,12,22H2,1-4H3/t13-,17-/m0/s1. The van der Waals surface area contributed by atoms with Crippen molar-refractivity contribution in [1.82, 2.24) is 0 Å². The van der Waals surface area contributed by atoms with Crippen LogP contribution in [0.5, 0.6) is 11.5 Å². The van der Waals surface area contributed by atoms with Gasteiger partial charge in [-0.2, -0.15) is 0 Å². The minimum absolute atomic E-state index is 0.0318. The van der Waals surface area contributed by atoms with Crippen molar-refractivity contribution in [2.45, 2.75) is 59.1 Å². The average Bonchev–Trinajstić information content (AvgIpc) is 2.67. The highest BCUT2D eigenvalue weighted by atomic mass is 16.7. The van der Waals surface area contributed by atoms with E-state index in [1.54, 1.807) is 13.0 Å². The van der Waals surface area contributed by atoms with E-state index in [1.165, 1.54) is 26.0 Å². The number of carbonyl (C=O) groups excluding carboxylic acids is 4. The molecular weight excluding hydrogens is 410 g/mol. The number of nitrogens with two attached hydrogens (primary N) is 1. The molecule has 0 heterocycles. The van der Waals surface area contributed by atoms with Crippen LogP contribution in [0.3, 0.4) is 0 Å². The van der Waals surface area contributed by atoms with Gasteiger partial charge in [0, 0.05) is 13.8 Å². The number of benzene rings is 1. The van der Waals surface area contributed by atoms with Crippen LogP contribution < -0.4 is 15.2 Å². The SMILES string of the molecule is CCCCOC(=O)O[C@@H](C)COC(=O)[C@@H](N)Cc1ccc(OC(C)=O)c(OC(C)=O)c1. The van der Waals surface area contributed by atoms with Gasteiger partial charge in [0.05, 0.1) is 6.61 Å². The third-order valence-corrected chi connectivity index (χ3v) is 3.75. The molecular formula is C21H29NO9. The lowest BCUT2D eigenvalue weighted by atomic mass is 10.1. The number of hydrogen-bond acceptors (Lipinski definition) is 10. The molecule has 1 rings (SSSR count). The fourth-order valence-corrected chi connectivity index (χ4v) is 2.33. The molecule has 1 aromatic carbocycles. The summed E-state index contributed by atoms with van der Waals surface area (Å²) >= 11 is 0. The topological polar surface area (TPSA) is 140 Å². The fourth-order valence-electron chi connectivity index (χ4n) is 2.33. The van der Waals surface area contributed by atoms with Gasteiger partial charge in [0.2, 0.25) is 0 Å². The first-order chi connectivity index (χ1) is 14.6. The molecule has 0 aliphatic heterocycles. The molecule has 172 valence electrons. The monoisotopic (exact) mass is 439 g/mol. The zero-order chi connectivity index (χ0) is 23.4. The lowest BCUT2D eigenvalue weighted by Gasteiger charge is -2.16. The Morgan fingerprint density at radius 2 is 1.65 bits per heavy atom. The predicted octanol–water partition coefficient (Wildman–Crippen LogP) is 2.29. The first-order valence-corrected chi connectivity index (χ1v) is 9.87. The van der Waals surface area contributed by atoms with Crippen molar-refractivity contribution in [3.05, 3.63) is 23.8 Å². The Morgan fingerprint density at radius 1 is 1.00 bits per heavy atom. The molecule has 0 saturated heterocycles. The molecule has 2 N–H and O–H groups in total. The minimum atomic E-state index is -1.02. The van der Waals surface area contributed by atoms with Crippen LogP contribution in [0.1, 0.15) is 46.1 Å². The van der Waals surface area contributed by atoms with Gasteiger partial charge < -0.3 is 29.4 Å². The Labute approximate surface area is 180 Å². The van der Waals surface area contributed by atoms with Gasteiger partial charge >= 0.3 is 24.1 Å². The molecule has 10 nitrogen and oxygen atoms in total. The summed E-state index contributed by atoms with van der Waals surface area (Å²) in [6, 6.07) is 3.45. The normalized spacial score (nSPS) is 12.3. The van der Waals surface area contributed by atoms with Crippen molar-refractivity contribution in [2.75, 3.05) is 13.2 Å². The van der Waals surface area contributed by atoms with Crippen LogP contribution in [0.15, 0.2) is 18.2 Å². The van der Waals surface area contributed by atoms with Crippen LogP contribution in [0, 0.1) is 0 Å². The number of hydrogen-bond donors (Lipinski definition) is 1. The van der Waals surface area contributed by atoms with Crippen molar-refractivity contribution in [2.24, 2.45) is 5.73 Å². The number of carbonyl (C=O) groups is 4. The van der Waals surface area contributed by atoms with E-state index >= 15 is 0 Å². The summed E-state index contributed by atoms with van der Waals surface area (Å²) in [6.07, 6.45) is 0.152. The number of unbranched alkanes of at least 4 members (excludes halogenated alkanes) is 1. The third kappa shape index (κ3) is 10.4. The molecule has 0 spiro atoms. The summed E-state index contributed by atoms with van der Waals surface area (Å²) in [5, 5.41) is 0. The minimum Gasteiger partial charge on any atom is -0.461 e. The number of esters is 3. The van der Waals surface area contributed by atoms with Gasteiger partial charge in [0.15, 0.2) is 11.5 Å². The molecule has 10 heteroatoms. The summed E-state index contributed by atoms with van der Waals surface area (Å²) in [7, 11) is 0. The van der Waals surface area contributed by atoms with Crippen molar-refractivity contribution < 1.29 is 42.9 Å². The Balaban J connectivity index is 2.60. The highest BCUT2D eigenvalue weighted by molar-refractivity contribution is 5.76. The van der Waals surface area contributed by atoms with E-state index in [0.29, 0.717) is 5.56 Å². The summed E-state index contributed by atoms with van der Waals surface area (Å²) in [5.41, 5.74) is 6.44. The van der Waals surface area contributed by atoms with E-state index in [0.717, 1.165) is 12.8 Å².